The minimum Gasteiger partial charge on any atom is -0.394 e. The summed E-state index contributed by atoms with van der Waals surface area (Å²) in [5.74, 6) is -1.51. The maximum Gasteiger partial charge on any atom is 0.274 e. The van der Waals surface area contributed by atoms with Crippen LogP contribution in [0.25, 0.3) is 0 Å². The number of nitrogens with two attached hydrogens (primary N) is 1. The van der Waals surface area contributed by atoms with Gasteiger partial charge in [0.25, 0.3) is 11.8 Å². The largest absolute Gasteiger partial charge is 0.394 e. The number of nitrogens with one attached hydrogen (secondary N) is 3. The number of aryl methyl sites for hydroxylation is 1. The van der Waals surface area contributed by atoms with Gasteiger partial charge in [-0.15, -0.1) is 0 Å². The van der Waals surface area contributed by atoms with Crippen molar-refractivity contribution in [2.45, 2.75) is 25.3 Å². The van der Waals surface area contributed by atoms with Crippen molar-refractivity contribution in [2.24, 2.45) is 5.73 Å². The van der Waals surface area contributed by atoms with Gasteiger partial charge in [0.2, 0.25) is 0 Å². The highest BCUT2D eigenvalue weighted by Crippen LogP contribution is 2.30. The van der Waals surface area contributed by atoms with Crippen LogP contribution in [0.4, 0.5) is 4.39 Å². The molecule has 3 rings (SSSR count). The molecule has 1 aliphatic carbocycles. The fourth-order valence-electron chi connectivity index (χ4n) is 3.35. The molecule has 0 saturated heterocycles. The number of allylic oxidation sites excluding steroid dienone is 1. The lowest BCUT2D eigenvalue weighted by molar-refractivity contribution is -0.118. The molecule has 2 amide bonds. The fraction of sp³-hybridized carbons (Fsp3) is 0.190. The van der Waals surface area contributed by atoms with Gasteiger partial charge in [-0.05, 0) is 78.4 Å². The van der Waals surface area contributed by atoms with Crippen LogP contribution >= 0.6 is 0 Å². The van der Waals surface area contributed by atoms with Gasteiger partial charge in [-0.3, -0.25) is 14.8 Å². The van der Waals surface area contributed by atoms with E-state index in [-0.39, 0.29) is 17.5 Å². The molecule has 7 nitrogen and oxygen atoms in total. The standard InChI is InChI=1S/C21H21FN4O3/c22-15-7-4-12(5-8-15)17(23)11-18(24)21(28)25-19-3-1-2-13-10-14(20(27)26-29)6-9-16(13)19/h4-11,19,23,29H,1-3,24H2,(H,25,28)(H,26,27)/b18-11-,23-17?. The molecule has 150 valence electrons. The van der Waals surface area contributed by atoms with Crippen LogP contribution in [0.3, 0.4) is 0 Å². The van der Waals surface area contributed by atoms with Crippen molar-refractivity contribution in [1.82, 2.24) is 10.8 Å². The Morgan fingerprint density at radius 3 is 2.55 bits per heavy atom. The molecular weight excluding hydrogens is 375 g/mol. The second kappa shape index (κ2) is 8.66. The highest BCUT2D eigenvalue weighted by atomic mass is 19.1. The van der Waals surface area contributed by atoms with E-state index in [2.05, 4.69) is 5.32 Å². The molecule has 0 bridgehead atoms. The Balaban J connectivity index is 1.73. The van der Waals surface area contributed by atoms with Gasteiger partial charge < -0.3 is 16.5 Å². The van der Waals surface area contributed by atoms with Crippen LogP contribution in [-0.4, -0.2) is 22.7 Å². The first-order valence-electron chi connectivity index (χ1n) is 9.09. The summed E-state index contributed by atoms with van der Waals surface area (Å²) in [5.41, 5.74) is 9.94. The predicted molar refractivity (Wildman–Crippen MR) is 105 cm³/mol. The summed E-state index contributed by atoms with van der Waals surface area (Å²) in [7, 11) is 0. The van der Waals surface area contributed by atoms with Crippen molar-refractivity contribution in [3.8, 4) is 0 Å². The summed E-state index contributed by atoms with van der Waals surface area (Å²) in [6.45, 7) is 0. The van der Waals surface area contributed by atoms with Crippen LogP contribution in [0, 0.1) is 11.2 Å². The molecule has 8 heteroatoms. The third-order valence-corrected chi connectivity index (χ3v) is 4.84. The number of rotatable bonds is 5. The molecule has 1 atom stereocenters. The molecule has 0 fully saturated rings. The molecule has 2 aromatic rings. The molecule has 1 aliphatic rings. The Bertz CT molecular complexity index is 986. The summed E-state index contributed by atoms with van der Waals surface area (Å²) in [6.07, 6.45) is 3.53. The highest BCUT2D eigenvalue weighted by Gasteiger charge is 2.23. The van der Waals surface area contributed by atoms with Crippen molar-refractivity contribution in [3.05, 3.63) is 82.3 Å². The third-order valence-electron chi connectivity index (χ3n) is 4.84. The zero-order chi connectivity index (χ0) is 21.0. The number of amides is 2. The lowest BCUT2D eigenvalue weighted by Crippen LogP contribution is -2.34. The van der Waals surface area contributed by atoms with E-state index < -0.39 is 17.6 Å². The number of carbonyl (C=O) groups excluding carboxylic acids is 2. The number of carbonyl (C=O) groups is 2. The van der Waals surface area contributed by atoms with E-state index in [1.54, 1.807) is 23.7 Å². The lowest BCUT2D eigenvalue weighted by Gasteiger charge is -2.27. The zero-order valence-corrected chi connectivity index (χ0v) is 15.5. The van der Waals surface area contributed by atoms with Crippen LogP contribution in [0.2, 0.25) is 0 Å². The quantitative estimate of drug-likeness (QED) is 0.230. The second-order valence-electron chi connectivity index (χ2n) is 6.79. The molecule has 0 saturated carbocycles. The first kappa shape index (κ1) is 20.2. The van der Waals surface area contributed by atoms with Gasteiger partial charge >= 0.3 is 0 Å². The topological polar surface area (TPSA) is 128 Å². The first-order chi connectivity index (χ1) is 13.9. The van der Waals surface area contributed by atoms with Crippen LogP contribution in [0.1, 0.15) is 45.9 Å². The minimum atomic E-state index is -0.592. The number of hydroxylamine groups is 1. The molecule has 0 radical (unpaired) electrons. The predicted octanol–water partition coefficient (Wildman–Crippen LogP) is 2.35. The van der Waals surface area contributed by atoms with Gasteiger partial charge in [0.1, 0.15) is 5.82 Å². The van der Waals surface area contributed by atoms with E-state index in [9.17, 15) is 14.0 Å². The van der Waals surface area contributed by atoms with E-state index >= 15 is 0 Å². The molecule has 6 N–H and O–H groups in total. The average molecular weight is 396 g/mol. The maximum atomic E-state index is 13.0. The van der Waals surface area contributed by atoms with Gasteiger partial charge in [-0.2, -0.15) is 0 Å². The fourth-order valence-corrected chi connectivity index (χ4v) is 3.35. The lowest BCUT2D eigenvalue weighted by atomic mass is 9.86. The molecule has 1 unspecified atom stereocenters. The second-order valence-corrected chi connectivity index (χ2v) is 6.79. The normalized spacial score (nSPS) is 15.9. The van der Waals surface area contributed by atoms with Crippen molar-refractivity contribution < 1.29 is 19.2 Å². The molecule has 29 heavy (non-hydrogen) atoms. The van der Waals surface area contributed by atoms with E-state index in [4.69, 9.17) is 16.4 Å². The molecule has 0 aliphatic heterocycles. The summed E-state index contributed by atoms with van der Waals surface area (Å²) < 4.78 is 13.0. The Kier molecular flexibility index (Phi) is 6.04. The first-order valence-corrected chi connectivity index (χ1v) is 9.09. The monoisotopic (exact) mass is 396 g/mol. The summed E-state index contributed by atoms with van der Waals surface area (Å²) in [5, 5.41) is 19.7. The van der Waals surface area contributed by atoms with Crippen molar-refractivity contribution in [2.75, 3.05) is 0 Å². The van der Waals surface area contributed by atoms with Gasteiger partial charge in [0.05, 0.1) is 17.5 Å². The van der Waals surface area contributed by atoms with E-state index in [1.165, 1.54) is 30.3 Å². The Labute approximate surface area is 166 Å². The van der Waals surface area contributed by atoms with Gasteiger partial charge in [0.15, 0.2) is 0 Å². The summed E-state index contributed by atoms with van der Waals surface area (Å²) >= 11 is 0. The van der Waals surface area contributed by atoms with Gasteiger partial charge in [-0.1, -0.05) is 6.07 Å². The van der Waals surface area contributed by atoms with Crippen LogP contribution in [0.15, 0.2) is 54.2 Å². The van der Waals surface area contributed by atoms with Gasteiger partial charge in [-0.25, -0.2) is 9.87 Å². The average Bonchev–Trinajstić information content (AvgIpc) is 2.73. The molecule has 0 spiro atoms. The molecule has 0 heterocycles. The van der Waals surface area contributed by atoms with E-state index in [1.807, 2.05) is 0 Å². The van der Waals surface area contributed by atoms with Gasteiger partial charge in [0, 0.05) is 5.56 Å². The molecule has 0 aromatic heterocycles. The summed E-state index contributed by atoms with van der Waals surface area (Å²) in [4.78, 5) is 24.1. The number of benzene rings is 2. The van der Waals surface area contributed by atoms with Crippen LogP contribution in [-0.2, 0) is 11.2 Å². The number of hydrogen-bond acceptors (Lipinski definition) is 5. The number of halogens is 1. The Morgan fingerprint density at radius 1 is 1.17 bits per heavy atom. The van der Waals surface area contributed by atoms with E-state index in [0.29, 0.717) is 17.5 Å². The molecule has 2 aromatic carbocycles. The Hall–Kier alpha value is -3.52. The van der Waals surface area contributed by atoms with Crippen molar-refractivity contribution in [3.63, 3.8) is 0 Å². The minimum absolute atomic E-state index is 0.00125. The smallest absolute Gasteiger partial charge is 0.274 e. The maximum absolute atomic E-state index is 13.0. The highest BCUT2D eigenvalue weighted by molar-refractivity contribution is 6.10. The van der Waals surface area contributed by atoms with Crippen LogP contribution in [0.5, 0.6) is 0 Å². The SMILES string of the molecule is N=C(/C=C(\N)C(=O)NC1CCCc2cc(C(=O)NO)ccc21)c1ccc(F)cc1. The van der Waals surface area contributed by atoms with Crippen molar-refractivity contribution >= 4 is 17.5 Å². The van der Waals surface area contributed by atoms with Crippen LogP contribution < -0.4 is 16.5 Å². The summed E-state index contributed by atoms with van der Waals surface area (Å²) in [6, 6.07) is 10.1. The molecular formula is C21H21FN4O3. The Morgan fingerprint density at radius 2 is 1.86 bits per heavy atom. The number of hydrogen-bond donors (Lipinski definition) is 5. The zero-order valence-electron chi connectivity index (χ0n) is 15.5. The van der Waals surface area contributed by atoms with E-state index in [0.717, 1.165) is 24.0 Å². The number of fused-ring (bicyclic) bond motifs is 1. The van der Waals surface area contributed by atoms with Crippen molar-refractivity contribution in [1.29, 1.82) is 5.41 Å². The third kappa shape index (κ3) is 4.67.